The van der Waals surface area contributed by atoms with Gasteiger partial charge in [-0.25, -0.2) is 9.59 Å². The monoisotopic (exact) mass is 363 g/mol. The molecule has 0 saturated heterocycles. The lowest BCUT2D eigenvalue weighted by Crippen LogP contribution is -2.42. The molecule has 1 aromatic carbocycles. The predicted molar refractivity (Wildman–Crippen MR) is 82.1 cm³/mol. The summed E-state index contributed by atoms with van der Waals surface area (Å²) in [5.74, 6) is -0.773. The average Bonchev–Trinajstić information content (AvgIpc) is 2.48. The Hall–Kier alpha value is -2.45. The fourth-order valence-corrected chi connectivity index (χ4v) is 1.68. The van der Waals surface area contributed by atoms with Gasteiger partial charge in [0.1, 0.15) is 11.4 Å². The third kappa shape index (κ3) is 7.32. The van der Waals surface area contributed by atoms with Crippen LogP contribution in [0.3, 0.4) is 0 Å². The van der Waals surface area contributed by atoms with Crippen LogP contribution in [0.2, 0.25) is 0 Å². The Bertz CT molecular complexity index is 593. The first kappa shape index (κ1) is 20.6. The minimum atomic E-state index is -4.47. The van der Waals surface area contributed by atoms with Gasteiger partial charge in [0.2, 0.25) is 6.10 Å². The zero-order valence-electron chi connectivity index (χ0n) is 14.3. The van der Waals surface area contributed by atoms with Crippen LogP contribution in [0.15, 0.2) is 24.3 Å². The number of methoxy groups -OCH3 is 1. The lowest BCUT2D eigenvalue weighted by molar-refractivity contribution is -0.148. The predicted octanol–water partition coefficient (Wildman–Crippen LogP) is 3.15. The molecule has 1 unspecified atom stereocenters. The molecule has 0 spiro atoms. The molecule has 0 aromatic heterocycles. The molecule has 0 radical (unpaired) electrons. The van der Waals surface area contributed by atoms with E-state index in [-0.39, 0.29) is 12.3 Å². The number of amides is 1. The van der Waals surface area contributed by atoms with Gasteiger partial charge < -0.3 is 19.5 Å². The van der Waals surface area contributed by atoms with Crippen LogP contribution >= 0.6 is 0 Å². The number of esters is 1. The van der Waals surface area contributed by atoms with Crippen LogP contribution in [0.5, 0.6) is 5.75 Å². The molecule has 0 fully saturated rings. The van der Waals surface area contributed by atoms with Crippen molar-refractivity contribution in [1.82, 2.24) is 5.32 Å². The van der Waals surface area contributed by atoms with Crippen LogP contribution in [0.4, 0.5) is 18.0 Å². The largest absolute Gasteiger partial charge is 0.477 e. The molecule has 0 bridgehead atoms. The van der Waals surface area contributed by atoms with Crippen molar-refractivity contribution in [3.8, 4) is 5.75 Å². The second-order valence-corrected chi connectivity index (χ2v) is 6.03. The highest BCUT2D eigenvalue weighted by atomic mass is 19.4. The number of alkyl halides is 3. The SMILES string of the molecule is COC(=O)C(CNC(=O)OC(C)(C)C)Oc1ccc(C(F)(F)F)cc1. The summed E-state index contributed by atoms with van der Waals surface area (Å²) < 4.78 is 52.5. The lowest BCUT2D eigenvalue weighted by atomic mass is 10.2. The minimum absolute atomic E-state index is 0.0226. The van der Waals surface area contributed by atoms with Crippen molar-refractivity contribution < 1.29 is 37.0 Å². The third-order valence-electron chi connectivity index (χ3n) is 2.75. The van der Waals surface area contributed by atoms with Gasteiger partial charge >= 0.3 is 18.2 Å². The van der Waals surface area contributed by atoms with E-state index in [2.05, 4.69) is 10.1 Å². The molecule has 0 heterocycles. The van der Waals surface area contributed by atoms with Gasteiger partial charge in [0.15, 0.2) is 0 Å². The molecule has 1 rings (SSSR count). The Morgan fingerprint density at radius 1 is 1.12 bits per heavy atom. The number of hydrogen-bond donors (Lipinski definition) is 1. The number of ether oxygens (including phenoxy) is 3. The quantitative estimate of drug-likeness (QED) is 0.814. The first-order chi connectivity index (χ1) is 11.4. The van der Waals surface area contributed by atoms with Gasteiger partial charge in [-0.3, -0.25) is 0 Å². The fourth-order valence-electron chi connectivity index (χ4n) is 1.68. The van der Waals surface area contributed by atoms with Gasteiger partial charge in [0.05, 0.1) is 19.2 Å². The van der Waals surface area contributed by atoms with Crippen molar-refractivity contribution in [2.45, 2.75) is 38.7 Å². The van der Waals surface area contributed by atoms with Crippen LogP contribution in [-0.4, -0.2) is 37.4 Å². The summed E-state index contributed by atoms with van der Waals surface area (Å²) in [5.41, 5.74) is -1.57. The number of benzene rings is 1. The molecule has 1 aromatic rings. The zero-order chi connectivity index (χ0) is 19.3. The lowest BCUT2D eigenvalue weighted by Gasteiger charge is -2.21. The molecule has 1 amide bonds. The highest BCUT2D eigenvalue weighted by Crippen LogP contribution is 2.30. The van der Waals surface area contributed by atoms with E-state index < -0.39 is 35.5 Å². The maximum absolute atomic E-state index is 12.5. The molecule has 0 aliphatic carbocycles. The molecule has 25 heavy (non-hydrogen) atoms. The van der Waals surface area contributed by atoms with E-state index in [1.807, 2.05) is 0 Å². The third-order valence-corrected chi connectivity index (χ3v) is 2.75. The summed E-state index contributed by atoms with van der Waals surface area (Å²) in [5, 5.41) is 2.34. The molecule has 0 saturated carbocycles. The molecule has 6 nitrogen and oxygen atoms in total. The van der Waals surface area contributed by atoms with E-state index in [0.717, 1.165) is 31.4 Å². The van der Waals surface area contributed by atoms with Crippen molar-refractivity contribution in [3.63, 3.8) is 0 Å². The first-order valence-electron chi connectivity index (χ1n) is 7.31. The van der Waals surface area contributed by atoms with E-state index in [4.69, 9.17) is 9.47 Å². The normalized spacial score (nSPS) is 12.9. The maximum Gasteiger partial charge on any atom is 0.416 e. The molecule has 1 atom stereocenters. The number of alkyl carbamates (subject to hydrolysis) is 1. The van der Waals surface area contributed by atoms with Gasteiger partial charge in [-0.15, -0.1) is 0 Å². The summed E-state index contributed by atoms with van der Waals surface area (Å²) in [6.07, 6.45) is -6.48. The number of nitrogens with one attached hydrogen (secondary N) is 1. The standard InChI is InChI=1S/C16H20F3NO5/c1-15(2,3)25-14(22)20-9-12(13(21)23-4)24-11-7-5-10(6-8-11)16(17,18)19/h5-8,12H,9H2,1-4H3,(H,20,22). The molecule has 0 aliphatic rings. The number of rotatable bonds is 5. The molecular formula is C16H20F3NO5. The number of halogens is 3. The summed E-state index contributed by atoms with van der Waals surface area (Å²) >= 11 is 0. The maximum atomic E-state index is 12.5. The van der Waals surface area contributed by atoms with E-state index in [1.165, 1.54) is 0 Å². The Labute approximate surface area is 143 Å². The summed E-state index contributed by atoms with van der Waals surface area (Å²) in [4.78, 5) is 23.3. The van der Waals surface area contributed by atoms with Gasteiger partial charge in [-0.05, 0) is 45.0 Å². The van der Waals surface area contributed by atoms with Crippen LogP contribution in [0.25, 0.3) is 0 Å². The van der Waals surface area contributed by atoms with E-state index in [0.29, 0.717) is 0 Å². The number of hydrogen-bond acceptors (Lipinski definition) is 5. The van der Waals surface area contributed by atoms with Crippen LogP contribution in [0, 0.1) is 0 Å². The molecular weight excluding hydrogens is 343 g/mol. The number of carbonyl (C=O) groups excluding carboxylic acids is 2. The molecule has 140 valence electrons. The van der Waals surface area contributed by atoms with E-state index >= 15 is 0 Å². The summed E-state index contributed by atoms with van der Waals surface area (Å²) in [7, 11) is 1.12. The van der Waals surface area contributed by atoms with Crippen molar-refractivity contribution in [1.29, 1.82) is 0 Å². The summed E-state index contributed by atoms with van der Waals surface area (Å²) in [6.45, 7) is 4.73. The van der Waals surface area contributed by atoms with Gasteiger partial charge in [0.25, 0.3) is 0 Å². The fraction of sp³-hybridized carbons (Fsp3) is 0.500. The van der Waals surface area contributed by atoms with E-state index in [9.17, 15) is 22.8 Å². The highest BCUT2D eigenvalue weighted by molar-refractivity contribution is 5.76. The second kappa shape index (κ2) is 8.09. The van der Waals surface area contributed by atoms with E-state index in [1.54, 1.807) is 20.8 Å². The number of carbonyl (C=O) groups is 2. The molecule has 1 N–H and O–H groups in total. The molecule has 9 heteroatoms. The zero-order valence-corrected chi connectivity index (χ0v) is 14.3. The second-order valence-electron chi connectivity index (χ2n) is 6.03. The Morgan fingerprint density at radius 2 is 1.68 bits per heavy atom. The van der Waals surface area contributed by atoms with Crippen LogP contribution in [0.1, 0.15) is 26.3 Å². The summed E-state index contributed by atoms with van der Waals surface area (Å²) in [6, 6.07) is 3.80. The first-order valence-corrected chi connectivity index (χ1v) is 7.31. The van der Waals surface area contributed by atoms with Crippen molar-refractivity contribution in [3.05, 3.63) is 29.8 Å². The van der Waals surface area contributed by atoms with Gasteiger partial charge in [0, 0.05) is 0 Å². The highest BCUT2D eigenvalue weighted by Gasteiger charge is 2.30. The topological polar surface area (TPSA) is 73.9 Å². The minimum Gasteiger partial charge on any atom is -0.477 e. The Morgan fingerprint density at radius 3 is 2.12 bits per heavy atom. The Kier molecular flexibility index (Phi) is 6.66. The van der Waals surface area contributed by atoms with Gasteiger partial charge in [-0.1, -0.05) is 0 Å². The molecule has 0 aliphatic heterocycles. The average molecular weight is 363 g/mol. The van der Waals surface area contributed by atoms with Crippen molar-refractivity contribution >= 4 is 12.1 Å². The van der Waals surface area contributed by atoms with Crippen molar-refractivity contribution in [2.24, 2.45) is 0 Å². The van der Waals surface area contributed by atoms with Gasteiger partial charge in [-0.2, -0.15) is 13.2 Å². The smallest absolute Gasteiger partial charge is 0.416 e. The van der Waals surface area contributed by atoms with Crippen LogP contribution in [-0.2, 0) is 20.4 Å². The Balaban J connectivity index is 2.73. The van der Waals surface area contributed by atoms with Crippen molar-refractivity contribution in [2.75, 3.05) is 13.7 Å². The van der Waals surface area contributed by atoms with Crippen LogP contribution < -0.4 is 10.1 Å².